The minimum atomic E-state index is -0.731. The Balaban J connectivity index is 2.15. The van der Waals surface area contributed by atoms with Crippen molar-refractivity contribution in [2.45, 2.75) is 23.8 Å². The first-order valence-electron chi connectivity index (χ1n) is 6.52. The Kier molecular flexibility index (Phi) is 5.31. The first kappa shape index (κ1) is 16.6. The van der Waals surface area contributed by atoms with Gasteiger partial charge in [0.1, 0.15) is 6.04 Å². The predicted octanol–water partition coefficient (Wildman–Crippen LogP) is 2.44. The quantitative estimate of drug-likeness (QED) is 0.505. The summed E-state index contributed by atoms with van der Waals surface area (Å²) in [7, 11) is 1.28. The molecule has 1 N–H and O–H groups in total. The number of rotatable bonds is 5. The van der Waals surface area contributed by atoms with Crippen LogP contribution in [0.25, 0.3) is 0 Å². The van der Waals surface area contributed by atoms with Crippen LogP contribution in [0.4, 0.5) is 10.5 Å². The molecule has 1 aromatic carbocycles. The van der Waals surface area contributed by atoms with Crippen molar-refractivity contribution in [2.24, 2.45) is 0 Å². The minimum Gasteiger partial charge on any atom is -0.469 e. The lowest BCUT2D eigenvalue weighted by molar-refractivity contribution is -0.140. The summed E-state index contributed by atoms with van der Waals surface area (Å²) in [5, 5.41) is 3.04. The van der Waals surface area contributed by atoms with Crippen molar-refractivity contribution in [1.82, 2.24) is 5.32 Å². The second-order valence-electron chi connectivity index (χ2n) is 4.61. The van der Waals surface area contributed by atoms with Crippen LogP contribution < -0.4 is 10.2 Å². The number of halogens is 1. The number of hydrogen-bond acceptors (Lipinski definition) is 5. The molecule has 1 heterocycles. The van der Waals surface area contributed by atoms with Crippen molar-refractivity contribution in [3.8, 4) is 0 Å². The summed E-state index contributed by atoms with van der Waals surface area (Å²) in [6.45, 7) is 0. The molecular weight excluding hydrogens is 328 g/mol. The number of methoxy groups -OCH3 is 1. The number of ether oxygens (including phenoxy) is 1. The Bertz CT molecular complexity index is 623. The second kappa shape index (κ2) is 7.02. The van der Waals surface area contributed by atoms with E-state index in [2.05, 4.69) is 10.1 Å². The number of anilines is 1. The lowest BCUT2D eigenvalue weighted by Crippen LogP contribution is -2.31. The highest BCUT2D eigenvalue weighted by Gasteiger charge is 2.39. The van der Waals surface area contributed by atoms with Crippen molar-refractivity contribution in [3.63, 3.8) is 0 Å². The number of hydrogen-bond donors (Lipinski definition) is 1. The highest BCUT2D eigenvalue weighted by Crippen LogP contribution is 2.31. The number of esters is 1. The summed E-state index contributed by atoms with van der Waals surface area (Å²) in [5.41, 5.74) is 0.408. The third kappa shape index (κ3) is 3.36. The molecular formula is C14H15ClN2O4S. The van der Waals surface area contributed by atoms with Crippen molar-refractivity contribution in [2.75, 3.05) is 18.3 Å². The van der Waals surface area contributed by atoms with Gasteiger partial charge in [-0.25, -0.2) is 9.69 Å². The molecule has 2 rings (SSSR count). The summed E-state index contributed by atoms with van der Waals surface area (Å²) < 4.78 is 4.53. The molecule has 0 aromatic heterocycles. The molecule has 0 bridgehead atoms. The lowest BCUT2D eigenvalue weighted by Gasteiger charge is -2.14. The van der Waals surface area contributed by atoms with Gasteiger partial charge >= 0.3 is 12.0 Å². The maximum atomic E-state index is 12.3. The summed E-state index contributed by atoms with van der Waals surface area (Å²) in [6.07, 6.45) is 2.15. The Morgan fingerprint density at radius 3 is 2.77 bits per heavy atom. The molecule has 0 saturated carbocycles. The van der Waals surface area contributed by atoms with E-state index in [0.29, 0.717) is 10.7 Å². The number of benzene rings is 1. The normalized spacial score (nSPS) is 17.6. The van der Waals surface area contributed by atoms with Gasteiger partial charge in [0.15, 0.2) is 0 Å². The van der Waals surface area contributed by atoms with Crippen molar-refractivity contribution < 1.29 is 19.1 Å². The van der Waals surface area contributed by atoms with Crippen LogP contribution in [0.3, 0.4) is 0 Å². The van der Waals surface area contributed by atoms with Gasteiger partial charge in [-0.05, 0) is 30.9 Å². The number of carbonyl (C=O) groups is 3. The number of carbonyl (C=O) groups excluding carboxylic acids is 3. The van der Waals surface area contributed by atoms with E-state index in [9.17, 15) is 14.4 Å². The van der Waals surface area contributed by atoms with Gasteiger partial charge in [-0.1, -0.05) is 11.6 Å². The van der Waals surface area contributed by atoms with E-state index >= 15 is 0 Å². The molecule has 118 valence electrons. The van der Waals surface area contributed by atoms with Crippen molar-refractivity contribution >= 4 is 47.0 Å². The monoisotopic (exact) mass is 342 g/mol. The SMILES string of the molecule is COC(=O)CC[C@H]1NC(=O)N(c2ccc(SC)c(Cl)c2)C1=O. The van der Waals surface area contributed by atoms with E-state index in [0.717, 1.165) is 9.80 Å². The smallest absolute Gasteiger partial charge is 0.329 e. The molecule has 1 aromatic rings. The van der Waals surface area contributed by atoms with Crippen LogP contribution in [0.2, 0.25) is 5.02 Å². The van der Waals surface area contributed by atoms with Gasteiger partial charge in [-0.3, -0.25) is 9.59 Å². The summed E-state index contributed by atoms with van der Waals surface area (Å²) in [4.78, 5) is 37.4. The van der Waals surface area contributed by atoms with E-state index in [1.54, 1.807) is 18.2 Å². The molecule has 0 unspecified atom stereocenters. The molecule has 6 nitrogen and oxygen atoms in total. The molecule has 1 aliphatic heterocycles. The van der Waals surface area contributed by atoms with Crippen molar-refractivity contribution in [1.29, 1.82) is 0 Å². The fourth-order valence-corrected chi connectivity index (χ4v) is 2.99. The number of nitrogens with one attached hydrogen (secondary N) is 1. The van der Waals surface area contributed by atoms with Crippen LogP contribution >= 0.6 is 23.4 Å². The standard InChI is InChI=1S/C14H15ClN2O4S/c1-21-12(18)6-4-10-13(19)17(14(20)16-10)8-3-5-11(22-2)9(15)7-8/h3,5,7,10H,4,6H2,1-2H3,(H,16,20)/t10-/m1/s1. The maximum absolute atomic E-state index is 12.3. The number of urea groups is 1. The highest BCUT2D eigenvalue weighted by atomic mass is 35.5. The number of amides is 3. The van der Waals surface area contributed by atoms with Gasteiger partial charge in [0.05, 0.1) is 17.8 Å². The maximum Gasteiger partial charge on any atom is 0.329 e. The van der Waals surface area contributed by atoms with Crippen LogP contribution in [0.5, 0.6) is 0 Å². The molecule has 0 radical (unpaired) electrons. The Morgan fingerprint density at radius 2 is 2.18 bits per heavy atom. The van der Waals surface area contributed by atoms with E-state index < -0.39 is 23.9 Å². The van der Waals surface area contributed by atoms with Crippen LogP contribution in [0, 0.1) is 0 Å². The van der Waals surface area contributed by atoms with E-state index in [-0.39, 0.29) is 12.8 Å². The molecule has 1 aliphatic rings. The van der Waals surface area contributed by atoms with Gasteiger partial charge in [0.2, 0.25) is 0 Å². The first-order chi connectivity index (χ1) is 10.5. The van der Waals surface area contributed by atoms with Gasteiger partial charge < -0.3 is 10.1 Å². The zero-order valence-corrected chi connectivity index (χ0v) is 13.7. The lowest BCUT2D eigenvalue weighted by atomic mass is 10.1. The Labute approximate surface area is 137 Å². The van der Waals surface area contributed by atoms with E-state index in [4.69, 9.17) is 11.6 Å². The fourth-order valence-electron chi connectivity index (χ4n) is 2.13. The number of imide groups is 1. The van der Waals surface area contributed by atoms with Crippen LogP contribution in [-0.4, -0.2) is 37.3 Å². The molecule has 0 spiro atoms. The topological polar surface area (TPSA) is 75.7 Å². The van der Waals surface area contributed by atoms with Crippen LogP contribution in [-0.2, 0) is 14.3 Å². The van der Waals surface area contributed by atoms with Crippen molar-refractivity contribution in [3.05, 3.63) is 23.2 Å². The van der Waals surface area contributed by atoms with E-state index in [1.807, 2.05) is 6.26 Å². The number of thioether (sulfide) groups is 1. The van der Waals surface area contributed by atoms with Gasteiger partial charge in [0.25, 0.3) is 5.91 Å². The first-order valence-corrected chi connectivity index (χ1v) is 8.13. The Hall–Kier alpha value is -1.73. The number of nitrogens with zero attached hydrogens (tertiary/aromatic N) is 1. The predicted molar refractivity (Wildman–Crippen MR) is 84.3 cm³/mol. The third-order valence-electron chi connectivity index (χ3n) is 3.28. The van der Waals surface area contributed by atoms with Crippen LogP contribution in [0.1, 0.15) is 12.8 Å². The van der Waals surface area contributed by atoms with Gasteiger partial charge in [-0.2, -0.15) is 0 Å². The highest BCUT2D eigenvalue weighted by molar-refractivity contribution is 7.98. The average molecular weight is 343 g/mol. The molecule has 1 fully saturated rings. The zero-order valence-electron chi connectivity index (χ0n) is 12.1. The third-order valence-corrected chi connectivity index (χ3v) is 4.50. The second-order valence-corrected chi connectivity index (χ2v) is 5.86. The van der Waals surface area contributed by atoms with Gasteiger partial charge in [0, 0.05) is 11.3 Å². The van der Waals surface area contributed by atoms with E-state index in [1.165, 1.54) is 18.9 Å². The average Bonchev–Trinajstić information content (AvgIpc) is 2.79. The molecule has 1 atom stereocenters. The van der Waals surface area contributed by atoms with Crippen LogP contribution in [0.15, 0.2) is 23.1 Å². The summed E-state index contributed by atoms with van der Waals surface area (Å²) in [6, 6.07) is 3.74. The zero-order chi connectivity index (χ0) is 16.3. The molecule has 3 amide bonds. The molecule has 0 aliphatic carbocycles. The summed E-state index contributed by atoms with van der Waals surface area (Å²) >= 11 is 7.58. The summed E-state index contributed by atoms with van der Waals surface area (Å²) in [5.74, 6) is -0.824. The molecule has 1 saturated heterocycles. The fraction of sp³-hybridized carbons (Fsp3) is 0.357. The Morgan fingerprint density at radius 1 is 1.45 bits per heavy atom. The molecule has 8 heteroatoms. The minimum absolute atomic E-state index is 0.0627. The molecule has 22 heavy (non-hydrogen) atoms. The van der Waals surface area contributed by atoms with Gasteiger partial charge in [-0.15, -0.1) is 11.8 Å². The largest absolute Gasteiger partial charge is 0.469 e.